The quantitative estimate of drug-likeness (QED) is 0.702. The zero-order chi connectivity index (χ0) is 15.8. The van der Waals surface area contributed by atoms with Gasteiger partial charge in [0, 0.05) is 12.2 Å². The Kier molecular flexibility index (Phi) is 3.17. The van der Waals surface area contributed by atoms with Gasteiger partial charge < -0.3 is 9.64 Å². The van der Waals surface area contributed by atoms with Gasteiger partial charge in [-0.1, -0.05) is 36.4 Å². The smallest absolute Gasteiger partial charge is 0.143 e. The summed E-state index contributed by atoms with van der Waals surface area (Å²) in [5, 5.41) is 12.2. The van der Waals surface area contributed by atoms with E-state index in [1.165, 1.54) is 16.3 Å². The first-order valence-corrected chi connectivity index (χ1v) is 7.62. The summed E-state index contributed by atoms with van der Waals surface area (Å²) in [6.07, 6.45) is 0. The molecule has 1 atom stereocenters. The first-order chi connectivity index (χ1) is 11.3. The molecule has 4 rings (SSSR count). The van der Waals surface area contributed by atoms with Crippen molar-refractivity contribution in [2.24, 2.45) is 0 Å². The minimum Gasteiger partial charge on any atom is -0.497 e. The summed E-state index contributed by atoms with van der Waals surface area (Å²) < 4.78 is 5.23. The van der Waals surface area contributed by atoms with Crippen molar-refractivity contribution in [1.29, 1.82) is 5.26 Å². The number of hydrogen-bond acceptors (Lipinski definition) is 3. The highest BCUT2D eigenvalue weighted by Crippen LogP contribution is 2.39. The normalized spacial score (nSPS) is 16.2. The van der Waals surface area contributed by atoms with E-state index in [1.807, 2.05) is 30.3 Å². The average Bonchev–Trinajstić information content (AvgIpc) is 2.62. The molecular formula is C20H16N2O. The zero-order valence-corrected chi connectivity index (χ0v) is 12.9. The predicted molar refractivity (Wildman–Crippen MR) is 91.5 cm³/mol. The zero-order valence-electron chi connectivity index (χ0n) is 12.9. The van der Waals surface area contributed by atoms with Gasteiger partial charge in [0.1, 0.15) is 11.8 Å². The van der Waals surface area contributed by atoms with Crippen molar-refractivity contribution >= 4 is 16.5 Å². The average molecular weight is 300 g/mol. The summed E-state index contributed by atoms with van der Waals surface area (Å²) in [4.78, 5) is 2.15. The minimum absolute atomic E-state index is 0.276. The summed E-state index contributed by atoms with van der Waals surface area (Å²) in [5.74, 6) is 0.821. The molecule has 0 N–H and O–H groups in total. The van der Waals surface area contributed by atoms with Gasteiger partial charge in [0.25, 0.3) is 0 Å². The fourth-order valence-electron chi connectivity index (χ4n) is 3.41. The van der Waals surface area contributed by atoms with Crippen LogP contribution in [0.5, 0.6) is 5.75 Å². The SMILES string of the molecule is COc1ccc(N2Cc3cccc4cccc(c34)C2C#N)cc1. The van der Waals surface area contributed by atoms with E-state index in [9.17, 15) is 5.26 Å². The molecule has 1 unspecified atom stereocenters. The van der Waals surface area contributed by atoms with E-state index in [4.69, 9.17) is 4.74 Å². The molecule has 23 heavy (non-hydrogen) atoms. The maximum absolute atomic E-state index is 9.78. The number of hydrogen-bond donors (Lipinski definition) is 0. The Balaban J connectivity index is 1.86. The van der Waals surface area contributed by atoms with Crippen molar-refractivity contribution < 1.29 is 4.74 Å². The van der Waals surface area contributed by atoms with Gasteiger partial charge in [0.15, 0.2) is 0 Å². The molecule has 0 aromatic heterocycles. The standard InChI is InChI=1S/C20H16N2O/c1-23-17-10-8-16(9-11-17)22-13-15-6-2-4-14-5-3-7-18(20(14)15)19(22)12-21/h2-11,19H,13H2,1H3. The van der Waals surface area contributed by atoms with Gasteiger partial charge in [0.05, 0.1) is 13.2 Å². The molecular weight excluding hydrogens is 284 g/mol. The van der Waals surface area contributed by atoms with Crippen LogP contribution in [0.25, 0.3) is 10.8 Å². The Hall–Kier alpha value is -2.99. The molecule has 3 aromatic rings. The minimum atomic E-state index is -0.276. The number of benzene rings is 3. The van der Waals surface area contributed by atoms with E-state index in [-0.39, 0.29) is 6.04 Å². The maximum atomic E-state index is 9.78. The van der Waals surface area contributed by atoms with E-state index in [0.717, 1.165) is 23.5 Å². The van der Waals surface area contributed by atoms with E-state index >= 15 is 0 Å². The molecule has 0 saturated carbocycles. The molecule has 1 heterocycles. The third kappa shape index (κ3) is 2.11. The number of nitrogens with zero attached hydrogens (tertiary/aromatic N) is 2. The largest absolute Gasteiger partial charge is 0.497 e. The molecule has 0 bridgehead atoms. The summed E-state index contributed by atoms with van der Waals surface area (Å²) in [6.45, 7) is 0.735. The van der Waals surface area contributed by atoms with E-state index in [0.29, 0.717) is 0 Å². The van der Waals surface area contributed by atoms with Gasteiger partial charge in [-0.25, -0.2) is 0 Å². The lowest BCUT2D eigenvalue weighted by molar-refractivity contribution is 0.415. The second-order valence-corrected chi connectivity index (χ2v) is 5.72. The number of anilines is 1. The van der Waals surface area contributed by atoms with Crippen LogP contribution < -0.4 is 9.64 Å². The highest BCUT2D eigenvalue weighted by Gasteiger charge is 2.28. The first kappa shape index (κ1) is 13.7. The summed E-state index contributed by atoms with van der Waals surface area (Å²) in [6, 6.07) is 22.6. The second-order valence-electron chi connectivity index (χ2n) is 5.72. The van der Waals surface area contributed by atoms with Crippen LogP contribution in [0.1, 0.15) is 17.2 Å². The van der Waals surface area contributed by atoms with Gasteiger partial charge in [0.2, 0.25) is 0 Å². The Morgan fingerprint density at radius 3 is 2.48 bits per heavy atom. The third-order valence-electron chi connectivity index (χ3n) is 4.50. The van der Waals surface area contributed by atoms with Gasteiger partial charge >= 0.3 is 0 Å². The van der Waals surface area contributed by atoms with Gasteiger partial charge in [-0.05, 0) is 46.2 Å². The molecule has 3 nitrogen and oxygen atoms in total. The van der Waals surface area contributed by atoms with Crippen LogP contribution in [-0.4, -0.2) is 7.11 Å². The molecule has 0 aliphatic carbocycles. The van der Waals surface area contributed by atoms with E-state index in [2.05, 4.69) is 41.3 Å². The van der Waals surface area contributed by atoms with E-state index < -0.39 is 0 Å². The van der Waals surface area contributed by atoms with Gasteiger partial charge in [-0.2, -0.15) is 5.26 Å². The Morgan fingerprint density at radius 1 is 1.04 bits per heavy atom. The lowest BCUT2D eigenvalue weighted by Gasteiger charge is -2.35. The first-order valence-electron chi connectivity index (χ1n) is 7.62. The number of rotatable bonds is 2. The molecule has 1 aliphatic rings. The molecule has 112 valence electrons. The van der Waals surface area contributed by atoms with Gasteiger partial charge in [-0.3, -0.25) is 0 Å². The van der Waals surface area contributed by atoms with Crippen molar-refractivity contribution in [3.8, 4) is 11.8 Å². The Bertz CT molecular complexity index is 904. The predicted octanol–water partition coefficient (Wildman–Crippen LogP) is 4.43. The van der Waals surface area contributed by atoms with Crippen LogP contribution in [-0.2, 0) is 6.54 Å². The van der Waals surface area contributed by atoms with Crippen molar-refractivity contribution in [3.63, 3.8) is 0 Å². The molecule has 3 heteroatoms. The Morgan fingerprint density at radius 2 is 1.78 bits per heavy atom. The molecule has 0 fully saturated rings. The van der Waals surface area contributed by atoms with E-state index in [1.54, 1.807) is 7.11 Å². The lowest BCUT2D eigenvalue weighted by Crippen LogP contribution is -2.30. The molecule has 0 spiro atoms. The molecule has 3 aromatic carbocycles. The van der Waals surface area contributed by atoms with Crippen LogP contribution in [0.4, 0.5) is 5.69 Å². The number of ether oxygens (including phenoxy) is 1. The highest BCUT2D eigenvalue weighted by atomic mass is 16.5. The van der Waals surface area contributed by atoms with Crippen molar-refractivity contribution in [3.05, 3.63) is 71.8 Å². The second kappa shape index (κ2) is 5.33. The van der Waals surface area contributed by atoms with Crippen molar-refractivity contribution in [1.82, 2.24) is 0 Å². The summed E-state index contributed by atoms with van der Waals surface area (Å²) >= 11 is 0. The maximum Gasteiger partial charge on any atom is 0.143 e. The summed E-state index contributed by atoms with van der Waals surface area (Å²) in [5.41, 5.74) is 3.38. The van der Waals surface area contributed by atoms with Crippen molar-refractivity contribution in [2.75, 3.05) is 12.0 Å². The van der Waals surface area contributed by atoms with Crippen LogP contribution in [0.3, 0.4) is 0 Å². The van der Waals surface area contributed by atoms with Gasteiger partial charge in [-0.15, -0.1) is 0 Å². The Labute approximate surface area is 135 Å². The number of methoxy groups -OCH3 is 1. The van der Waals surface area contributed by atoms with Crippen LogP contribution >= 0.6 is 0 Å². The fraction of sp³-hybridized carbons (Fsp3) is 0.150. The molecule has 0 amide bonds. The number of nitriles is 1. The van der Waals surface area contributed by atoms with Crippen molar-refractivity contribution in [2.45, 2.75) is 12.6 Å². The third-order valence-corrected chi connectivity index (χ3v) is 4.50. The van der Waals surface area contributed by atoms with Crippen LogP contribution in [0.2, 0.25) is 0 Å². The molecule has 0 radical (unpaired) electrons. The highest BCUT2D eigenvalue weighted by molar-refractivity contribution is 5.91. The molecule has 1 aliphatic heterocycles. The monoisotopic (exact) mass is 300 g/mol. The molecule has 0 saturated heterocycles. The van der Waals surface area contributed by atoms with Crippen LogP contribution in [0, 0.1) is 11.3 Å². The fourth-order valence-corrected chi connectivity index (χ4v) is 3.41. The van der Waals surface area contributed by atoms with Crippen LogP contribution in [0.15, 0.2) is 60.7 Å². The summed E-state index contributed by atoms with van der Waals surface area (Å²) in [7, 11) is 1.66. The topological polar surface area (TPSA) is 36.3 Å². The lowest BCUT2D eigenvalue weighted by atomic mass is 9.90.